The number of thiophene rings is 2. The SMILES string of the molecule is c1ccc2c(c1)oc1ccc(-c3ccc(N(c4ccc(-c5ccc6sc7ccccc7c6c5)cc4)c4cccc5sc6ccccc6c45)cc3)cc12. The summed E-state index contributed by atoms with van der Waals surface area (Å²) in [5, 5.41) is 7.49. The highest BCUT2D eigenvalue weighted by molar-refractivity contribution is 7.26. The van der Waals surface area contributed by atoms with Crippen LogP contribution in [0, 0.1) is 0 Å². The molecule has 0 atom stereocenters. The molecule has 0 spiro atoms. The molecule has 52 heavy (non-hydrogen) atoms. The van der Waals surface area contributed by atoms with Gasteiger partial charge in [0, 0.05) is 62.5 Å². The average molecular weight is 700 g/mol. The van der Waals surface area contributed by atoms with Crippen LogP contribution in [0.25, 0.3) is 84.5 Å². The molecule has 2 nitrogen and oxygen atoms in total. The fraction of sp³-hybridized carbons (Fsp3) is 0. The van der Waals surface area contributed by atoms with Crippen LogP contribution in [0.2, 0.25) is 0 Å². The Morgan fingerprint density at radius 2 is 0.865 bits per heavy atom. The van der Waals surface area contributed by atoms with E-state index in [1.165, 1.54) is 68.3 Å². The average Bonchev–Trinajstić information content (AvgIpc) is 3.89. The van der Waals surface area contributed by atoms with Crippen molar-refractivity contribution in [3.05, 3.63) is 176 Å². The first-order valence-corrected chi connectivity index (χ1v) is 19.1. The van der Waals surface area contributed by atoms with Crippen molar-refractivity contribution in [1.29, 1.82) is 0 Å². The number of para-hydroxylation sites is 1. The van der Waals surface area contributed by atoms with Crippen molar-refractivity contribution >= 4 is 102 Å². The lowest BCUT2D eigenvalue weighted by Crippen LogP contribution is -2.10. The third-order valence-corrected chi connectivity index (χ3v) is 12.6. The highest BCUT2D eigenvalue weighted by Gasteiger charge is 2.19. The maximum absolute atomic E-state index is 6.11. The normalized spacial score (nSPS) is 11.8. The van der Waals surface area contributed by atoms with Crippen LogP contribution in [-0.2, 0) is 0 Å². The van der Waals surface area contributed by atoms with Crippen molar-refractivity contribution in [2.45, 2.75) is 0 Å². The van der Waals surface area contributed by atoms with E-state index in [1.807, 2.05) is 34.8 Å². The van der Waals surface area contributed by atoms with Crippen LogP contribution < -0.4 is 4.90 Å². The fourth-order valence-corrected chi connectivity index (χ4v) is 10.00. The zero-order valence-corrected chi connectivity index (χ0v) is 29.5. The fourth-order valence-electron chi connectivity index (χ4n) is 7.79. The molecule has 0 saturated carbocycles. The molecule has 0 aliphatic carbocycles. The van der Waals surface area contributed by atoms with Gasteiger partial charge in [-0.15, -0.1) is 22.7 Å². The van der Waals surface area contributed by atoms with Crippen molar-refractivity contribution in [2.24, 2.45) is 0 Å². The summed E-state index contributed by atoms with van der Waals surface area (Å²) in [7, 11) is 0. The van der Waals surface area contributed by atoms with Crippen molar-refractivity contribution in [2.75, 3.05) is 4.90 Å². The first-order chi connectivity index (χ1) is 25.7. The predicted molar refractivity (Wildman–Crippen MR) is 225 cm³/mol. The Labute approximate surface area is 308 Å². The van der Waals surface area contributed by atoms with Crippen LogP contribution >= 0.6 is 22.7 Å². The largest absolute Gasteiger partial charge is 0.456 e. The second-order valence-corrected chi connectivity index (χ2v) is 15.5. The van der Waals surface area contributed by atoms with Crippen LogP contribution in [0.4, 0.5) is 17.1 Å². The number of fused-ring (bicyclic) bond motifs is 9. The minimum Gasteiger partial charge on any atom is -0.456 e. The molecule has 0 aliphatic rings. The van der Waals surface area contributed by atoms with Crippen LogP contribution in [0.15, 0.2) is 180 Å². The molecule has 0 N–H and O–H groups in total. The van der Waals surface area contributed by atoms with E-state index >= 15 is 0 Å². The van der Waals surface area contributed by atoms with Crippen LogP contribution in [0.3, 0.4) is 0 Å². The zero-order valence-electron chi connectivity index (χ0n) is 27.9. The Bertz CT molecular complexity index is 2970. The van der Waals surface area contributed by atoms with Crippen molar-refractivity contribution < 1.29 is 4.42 Å². The number of anilines is 3. The summed E-state index contributed by atoms with van der Waals surface area (Å²) in [5.74, 6) is 0. The van der Waals surface area contributed by atoms with E-state index in [0.29, 0.717) is 0 Å². The number of nitrogens with zero attached hydrogens (tertiary/aromatic N) is 1. The Hall–Kier alpha value is -6.20. The van der Waals surface area contributed by atoms with Gasteiger partial charge >= 0.3 is 0 Å². The van der Waals surface area contributed by atoms with E-state index < -0.39 is 0 Å². The minimum atomic E-state index is 0.913. The molecule has 0 saturated heterocycles. The lowest BCUT2D eigenvalue weighted by atomic mass is 10.0. The van der Waals surface area contributed by atoms with Gasteiger partial charge in [-0.3, -0.25) is 0 Å². The van der Waals surface area contributed by atoms with Crippen LogP contribution in [-0.4, -0.2) is 0 Å². The van der Waals surface area contributed by atoms with E-state index in [-0.39, 0.29) is 0 Å². The van der Waals surface area contributed by atoms with Gasteiger partial charge in [0.1, 0.15) is 11.2 Å². The monoisotopic (exact) mass is 699 g/mol. The molecule has 0 aliphatic heterocycles. The van der Waals surface area contributed by atoms with Crippen molar-refractivity contribution in [1.82, 2.24) is 0 Å². The molecular formula is C48H29NOS2. The number of benzene rings is 8. The van der Waals surface area contributed by atoms with Crippen LogP contribution in [0.5, 0.6) is 0 Å². The van der Waals surface area contributed by atoms with Crippen molar-refractivity contribution in [3.8, 4) is 22.3 Å². The van der Waals surface area contributed by atoms with E-state index in [4.69, 9.17) is 4.42 Å². The summed E-state index contributed by atoms with van der Waals surface area (Å²) in [6, 6.07) is 63.8. The van der Waals surface area contributed by atoms with Gasteiger partial charge in [0.25, 0.3) is 0 Å². The van der Waals surface area contributed by atoms with Gasteiger partial charge in [-0.2, -0.15) is 0 Å². The van der Waals surface area contributed by atoms with Gasteiger partial charge in [-0.05, 0) is 101 Å². The molecule has 0 bridgehead atoms. The topological polar surface area (TPSA) is 16.4 Å². The molecule has 244 valence electrons. The summed E-state index contributed by atoms with van der Waals surface area (Å²) in [5.41, 5.74) is 10.0. The number of rotatable bonds is 5. The molecule has 3 heterocycles. The predicted octanol–water partition coefficient (Wildman–Crippen LogP) is 15.1. The van der Waals surface area contributed by atoms with Crippen molar-refractivity contribution in [3.63, 3.8) is 0 Å². The first-order valence-electron chi connectivity index (χ1n) is 17.5. The Morgan fingerprint density at radius 1 is 0.346 bits per heavy atom. The maximum atomic E-state index is 6.11. The van der Waals surface area contributed by atoms with Gasteiger partial charge < -0.3 is 9.32 Å². The van der Waals surface area contributed by atoms with E-state index in [2.05, 4.69) is 169 Å². The number of hydrogen-bond donors (Lipinski definition) is 0. The zero-order chi connectivity index (χ0) is 34.2. The van der Waals surface area contributed by atoms with E-state index in [9.17, 15) is 0 Å². The van der Waals surface area contributed by atoms with E-state index in [0.717, 1.165) is 33.3 Å². The lowest BCUT2D eigenvalue weighted by Gasteiger charge is -2.27. The molecule has 0 fully saturated rings. The standard InChI is InChI=1S/C48H29NOS2/c1-4-12-42-36(8-1)39-28-32(20-26-43(39)50-42)30-16-22-34(23-17-30)49(41-11-7-15-47-48(41)38-10-3-6-14-45(38)52-47)35-24-18-31(19-25-35)33-21-27-46-40(29-33)37-9-2-5-13-44(37)51-46/h1-29H. The molecule has 11 rings (SSSR count). The maximum Gasteiger partial charge on any atom is 0.135 e. The van der Waals surface area contributed by atoms with Gasteiger partial charge in [0.2, 0.25) is 0 Å². The third kappa shape index (κ3) is 4.69. The molecule has 11 aromatic rings. The smallest absolute Gasteiger partial charge is 0.135 e. The van der Waals surface area contributed by atoms with E-state index in [1.54, 1.807) is 0 Å². The third-order valence-electron chi connectivity index (χ3n) is 10.3. The quantitative estimate of drug-likeness (QED) is 0.178. The minimum absolute atomic E-state index is 0.913. The number of hydrogen-bond acceptors (Lipinski definition) is 4. The highest BCUT2D eigenvalue weighted by atomic mass is 32.1. The van der Waals surface area contributed by atoms with Gasteiger partial charge in [0.15, 0.2) is 0 Å². The highest BCUT2D eigenvalue weighted by Crippen LogP contribution is 2.46. The molecule has 0 unspecified atom stereocenters. The summed E-state index contributed by atoms with van der Waals surface area (Å²) in [6.45, 7) is 0. The summed E-state index contributed by atoms with van der Waals surface area (Å²) in [4.78, 5) is 2.41. The second-order valence-electron chi connectivity index (χ2n) is 13.3. The lowest BCUT2D eigenvalue weighted by molar-refractivity contribution is 0.669. The Morgan fingerprint density at radius 3 is 1.62 bits per heavy atom. The second kappa shape index (κ2) is 11.7. The van der Waals surface area contributed by atoms with Gasteiger partial charge in [-0.25, -0.2) is 0 Å². The number of furan rings is 1. The molecule has 4 heteroatoms. The van der Waals surface area contributed by atoms with Crippen LogP contribution in [0.1, 0.15) is 0 Å². The molecule has 0 radical (unpaired) electrons. The molecule has 0 amide bonds. The molecular weight excluding hydrogens is 671 g/mol. The van der Waals surface area contributed by atoms with Gasteiger partial charge in [-0.1, -0.05) is 97.1 Å². The van der Waals surface area contributed by atoms with Gasteiger partial charge in [0.05, 0.1) is 5.69 Å². The first kappa shape index (κ1) is 29.5. The Kier molecular flexibility index (Phi) is 6.63. The summed E-state index contributed by atoms with van der Waals surface area (Å²) >= 11 is 3.71. The summed E-state index contributed by atoms with van der Waals surface area (Å²) < 4.78 is 11.4. The summed E-state index contributed by atoms with van der Waals surface area (Å²) in [6.07, 6.45) is 0. The molecule has 8 aromatic carbocycles. The molecule has 3 aromatic heterocycles. The Balaban J connectivity index is 1.03.